The monoisotopic (exact) mass is 618 g/mol. The van der Waals surface area contributed by atoms with Gasteiger partial charge < -0.3 is 10.1 Å². The lowest BCUT2D eigenvalue weighted by atomic mass is 9.94. The summed E-state index contributed by atoms with van der Waals surface area (Å²) >= 11 is 6.72. The van der Waals surface area contributed by atoms with Crippen LogP contribution < -0.4 is 10.1 Å². The molecule has 0 fully saturated rings. The van der Waals surface area contributed by atoms with Crippen molar-refractivity contribution in [3.05, 3.63) is 64.3 Å². The highest BCUT2D eigenvalue weighted by atomic mass is 35.5. The van der Waals surface area contributed by atoms with Gasteiger partial charge in [-0.1, -0.05) is 11.6 Å². The molecule has 14 heteroatoms. The molecule has 3 aromatic heterocycles. The summed E-state index contributed by atoms with van der Waals surface area (Å²) in [6.07, 6.45) is 3.44. The fourth-order valence-electron chi connectivity index (χ4n) is 5.01. The fourth-order valence-corrected chi connectivity index (χ4v) is 6.33. The van der Waals surface area contributed by atoms with Crippen LogP contribution in [0.4, 0.5) is 10.2 Å². The van der Waals surface area contributed by atoms with Crippen molar-refractivity contribution >= 4 is 25.2 Å². The molecule has 1 atom stereocenters. The summed E-state index contributed by atoms with van der Waals surface area (Å²) in [4.78, 5) is 4.62. The van der Waals surface area contributed by atoms with Crippen molar-refractivity contribution in [2.24, 2.45) is 7.05 Å². The molecule has 0 unspecified atom stereocenters. The van der Waals surface area contributed by atoms with Crippen LogP contribution in [0.15, 0.2) is 36.7 Å². The molecule has 0 saturated carbocycles. The van der Waals surface area contributed by atoms with Crippen LogP contribution in [-0.2, 0) is 38.1 Å². The number of hydrogen-bond donors (Lipinski definition) is 1. The van der Waals surface area contributed by atoms with Crippen molar-refractivity contribution in [2.75, 3.05) is 25.3 Å². The Bertz CT molecular complexity index is 1630. The Labute approximate surface area is 248 Å². The van der Waals surface area contributed by atoms with Crippen LogP contribution >= 0.6 is 19.4 Å². The quantitative estimate of drug-likeness (QED) is 0.160. The molecule has 1 aliphatic rings. The average Bonchev–Trinajstić information content (AvgIpc) is 3.47. The lowest BCUT2D eigenvalue weighted by molar-refractivity contribution is 0.127. The molecule has 1 aromatic carbocycles. The first-order valence-electron chi connectivity index (χ1n) is 13.7. The first kappa shape index (κ1) is 30.2. The minimum Gasteiger partial charge on any atom is -0.482 e. The fraction of sp³-hybridized carbons (Fsp3) is 0.393. The zero-order valence-electron chi connectivity index (χ0n) is 24.1. The van der Waals surface area contributed by atoms with Crippen LogP contribution in [0.5, 0.6) is 5.75 Å². The number of aryl methyl sites for hydroxylation is 2. The smallest absolute Gasteiger partial charge is 0.476 e. The highest BCUT2D eigenvalue weighted by Gasteiger charge is 2.28. The standard InChI is InChI=1S/C28H33ClFN6O5P/c1-6-36-26-18-12-24(28(31-14-18)32-16-40-42(37,38-7-2)39-8-3)41-17(4)22-13-20(30)9-10-21(22)25-19(15-35(5)33-25)11-23(26)27(29)34-36/h9-10,12-15,17H,6-8,11,16H2,1-5H3,(H,31,32)/t17-/m1/s1. The molecular formula is C28H33ClFN6O5P. The van der Waals surface area contributed by atoms with E-state index < -0.39 is 19.7 Å². The summed E-state index contributed by atoms with van der Waals surface area (Å²) in [6, 6.07) is 6.39. The maximum Gasteiger partial charge on any atom is 0.476 e. The number of benzene rings is 1. The molecule has 0 spiro atoms. The molecule has 4 heterocycles. The van der Waals surface area contributed by atoms with Crippen molar-refractivity contribution in [1.29, 1.82) is 0 Å². The molecule has 1 N–H and O–H groups in total. The number of rotatable bonds is 9. The van der Waals surface area contributed by atoms with Gasteiger partial charge in [0.15, 0.2) is 16.7 Å². The molecule has 1 aliphatic heterocycles. The number of hydrogen-bond acceptors (Lipinski definition) is 9. The zero-order chi connectivity index (χ0) is 30.0. The minimum atomic E-state index is -3.76. The van der Waals surface area contributed by atoms with Gasteiger partial charge in [-0.25, -0.2) is 13.9 Å². The third kappa shape index (κ3) is 6.09. The summed E-state index contributed by atoms with van der Waals surface area (Å²) in [5, 5.41) is 12.7. The Hall–Kier alpha value is -3.28. The number of halogens is 2. The number of anilines is 1. The van der Waals surface area contributed by atoms with Gasteiger partial charge in [0.25, 0.3) is 0 Å². The molecule has 5 rings (SSSR count). The van der Waals surface area contributed by atoms with Gasteiger partial charge in [0.1, 0.15) is 18.7 Å². The molecule has 4 aromatic rings. The van der Waals surface area contributed by atoms with Gasteiger partial charge in [0.05, 0.1) is 24.6 Å². The maximum atomic E-state index is 14.6. The van der Waals surface area contributed by atoms with Crippen molar-refractivity contribution in [2.45, 2.75) is 46.8 Å². The Kier molecular flexibility index (Phi) is 9.00. The van der Waals surface area contributed by atoms with Crippen LogP contribution in [-0.4, -0.2) is 44.5 Å². The van der Waals surface area contributed by atoms with Crippen molar-refractivity contribution in [1.82, 2.24) is 24.5 Å². The van der Waals surface area contributed by atoms with Crippen molar-refractivity contribution < 1.29 is 27.3 Å². The predicted octanol–water partition coefficient (Wildman–Crippen LogP) is 6.77. The SMILES string of the molecule is CCOP(=O)(OCC)OCNc1ncc2cc1O[C@H](C)c1cc(F)ccc1-c1nn(C)cc1Cc1c(Cl)nn(CC)c1-2. The molecule has 224 valence electrons. The third-order valence-corrected chi connectivity index (χ3v) is 8.64. The molecule has 42 heavy (non-hydrogen) atoms. The van der Waals surface area contributed by atoms with Gasteiger partial charge in [-0.15, -0.1) is 0 Å². The lowest BCUT2D eigenvalue weighted by Gasteiger charge is -2.22. The molecule has 0 amide bonds. The number of pyridine rings is 1. The zero-order valence-corrected chi connectivity index (χ0v) is 25.7. The topological polar surface area (TPSA) is 115 Å². The van der Waals surface area contributed by atoms with E-state index in [-0.39, 0.29) is 19.9 Å². The molecule has 2 bridgehead atoms. The highest BCUT2D eigenvalue weighted by Crippen LogP contribution is 2.49. The van der Waals surface area contributed by atoms with E-state index >= 15 is 0 Å². The highest BCUT2D eigenvalue weighted by molar-refractivity contribution is 7.48. The predicted molar refractivity (Wildman–Crippen MR) is 157 cm³/mol. The van der Waals surface area contributed by atoms with Gasteiger partial charge in [-0.3, -0.25) is 22.9 Å². The van der Waals surface area contributed by atoms with Crippen LogP contribution in [0.2, 0.25) is 5.15 Å². The van der Waals surface area contributed by atoms with Gasteiger partial charge >= 0.3 is 7.82 Å². The molecule has 0 aliphatic carbocycles. The van der Waals surface area contributed by atoms with Crippen LogP contribution in [0, 0.1) is 5.82 Å². The number of nitrogens with zero attached hydrogens (tertiary/aromatic N) is 5. The van der Waals surface area contributed by atoms with Gasteiger partial charge in [0.2, 0.25) is 0 Å². The van der Waals surface area contributed by atoms with Crippen molar-refractivity contribution in [3.8, 4) is 28.3 Å². The van der Waals surface area contributed by atoms with E-state index in [1.165, 1.54) is 12.1 Å². The second kappa shape index (κ2) is 12.5. The molecule has 11 nitrogen and oxygen atoms in total. The Morgan fingerprint density at radius 3 is 2.64 bits per heavy atom. The molecule has 0 radical (unpaired) electrons. The molecular weight excluding hydrogens is 586 g/mol. The van der Waals surface area contributed by atoms with E-state index in [1.54, 1.807) is 30.8 Å². The van der Waals surface area contributed by atoms with E-state index in [0.29, 0.717) is 40.9 Å². The van der Waals surface area contributed by atoms with E-state index in [4.69, 9.17) is 35.0 Å². The molecule has 0 saturated heterocycles. The lowest BCUT2D eigenvalue weighted by Crippen LogP contribution is -2.13. The van der Waals surface area contributed by atoms with Gasteiger partial charge in [-0.2, -0.15) is 10.2 Å². The largest absolute Gasteiger partial charge is 0.482 e. The number of phosphoric ester groups is 1. The third-order valence-electron chi connectivity index (χ3n) is 6.75. The van der Waals surface area contributed by atoms with E-state index in [9.17, 15) is 8.96 Å². The van der Waals surface area contributed by atoms with E-state index in [0.717, 1.165) is 27.9 Å². The van der Waals surface area contributed by atoms with Crippen LogP contribution in [0.25, 0.3) is 22.5 Å². The van der Waals surface area contributed by atoms with Crippen LogP contribution in [0.3, 0.4) is 0 Å². The number of phosphoric acid groups is 1. The summed E-state index contributed by atoms with van der Waals surface area (Å²) in [7, 11) is -1.92. The van der Waals surface area contributed by atoms with Gasteiger partial charge in [0, 0.05) is 60.2 Å². The normalized spacial score (nSPS) is 14.7. The Morgan fingerprint density at radius 1 is 1.17 bits per heavy atom. The summed E-state index contributed by atoms with van der Waals surface area (Å²) in [5.41, 5.74) is 5.27. The number of ether oxygens (including phenoxy) is 1. The average molecular weight is 619 g/mol. The van der Waals surface area contributed by atoms with E-state index in [2.05, 4.69) is 15.4 Å². The first-order chi connectivity index (χ1) is 20.2. The van der Waals surface area contributed by atoms with Gasteiger partial charge in [-0.05, 0) is 52.0 Å². The van der Waals surface area contributed by atoms with Crippen molar-refractivity contribution in [3.63, 3.8) is 0 Å². The van der Waals surface area contributed by atoms with Crippen LogP contribution in [0.1, 0.15) is 50.5 Å². The number of aromatic nitrogens is 5. The Balaban J connectivity index is 1.63. The number of nitrogens with one attached hydrogen (secondary N) is 1. The summed E-state index contributed by atoms with van der Waals surface area (Å²) in [6.45, 7) is 7.84. The minimum absolute atomic E-state index is 0.153. The number of fused-ring (bicyclic) bond motifs is 7. The maximum absolute atomic E-state index is 14.6. The summed E-state index contributed by atoms with van der Waals surface area (Å²) in [5.74, 6) is 0.271. The summed E-state index contributed by atoms with van der Waals surface area (Å²) < 4.78 is 53.3. The Morgan fingerprint density at radius 2 is 1.93 bits per heavy atom. The second-order valence-electron chi connectivity index (χ2n) is 9.58. The van der Waals surface area contributed by atoms with E-state index in [1.807, 2.05) is 37.8 Å². The second-order valence-corrected chi connectivity index (χ2v) is 11.6. The first-order valence-corrected chi connectivity index (χ1v) is 15.5.